The minimum atomic E-state index is -3.75. The van der Waals surface area contributed by atoms with E-state index in [1.165, 1.54) is 35.6 Å². The number of hydrogen-bond donors (Lipinski definition) is 0. The van der Waals surface area contributed by atoms with Crippen LogP contribution in [0.4, 0.5) is 0 Å². The van der Waals surface area contributed by atoms with Gasteiger partial charge in [-0.3, -0.25) is 4.79 Å². The van der Waals surface area contributed by atoms with E-state index < -0.39 is 28.4 Å². The molecule has 0 aliphatic heterocycles. The van der Waals surface area contributed by atoms with Gasteiger partial charge in [-0.1, -0.05) is 24.3 Å². The van der Waals surface area contributed by atoms with Crippen LogP contribution in [0.3, 0.4) is 0 Å². The Kier molecular flexibility index (Phi) is 6.09. The van der Waals surface area contributed by atoms with Crippen LogP contribution in [0.15, 0.2) is 57.8 Å². The highest BCUT2D eigenvalue weighted by Gasteiger charge is 2.25. The molecule has 0 bridgehead atoms. The van der Waals surface area contributed by atoms with Crippen LogP contribution >= 0.6 is 0 Å². The highest BCUT2D eigenvalue weighted by atomic mass is 32.2. The van der Waals surface area contributed by atoms with Gasteiger partial charge in [0.15, 0.2) is 12.4 Å². The van der Waals surface area contributed by atoms with Crippen LogP contribution in [0.1, 0.15) is 40.3 Å². The van der Waals surface area contributed by atoms with Gasteiger partial charge in [0.2, 0.25) is 15.8 Å². The molecule has 0 saturated heterocycles. The average molecular weight is 429 g/mol. The molecule has 0 unspecified atom stereocenters. The summed E-state index contributed by atoms with van der Waals surface area (Å²) in [6.07, 6.45) is 0. The van der Waals surface area contributed by atoms with Crippen LogP contribution in [0.25, 0.3) is 11.0 Å². The largest absolute Gasteiger partial charge is 0.454 e. The van der Waals surface area contributed by atoms with Gasteiger partial charge in [0.1, 0.15) is 5.58 Å². The van der Waals surface area contributed by atoms with Crippen molar-refractivity contribution in [1.29, 1.82) is 0 Å². The molecule has 8 heteroatoms. The Hall–Kier alpha value is -2.97. The van der Waals surface area contributed by atoms with Crippen molar-refractivity contribution in [1.82, 2.24) is 4.31 Å². The van der Waals surface area contributed by atoms with E-state index in [9.17, 15) is 18.0 Å². The summed E-state index contributed by atoms with van der Waals surface area (Å²) >= 11 is 0. The lowest BCUT2D eigenvalue weighted by Crippen LogP contribution is -2.33. The molecular formula is C22H23NO6S. The number of furan rings is 1. The number of para-hydroxylation sites is 1. The van der Waals surface area contributed by atoms with Crippen molar-refractivity contribution in [3.63, 3.8) is 0 Å². The molecule has 0 aliphatic rings. The average Bonchev–Trinajstić information content (AvgIpc) is 3.08. The van der Waals surface area contributed by atoms with Crippen LogP contribution in [0.5, 0.6) is 0 Å². The van der Waals surface area contributed by atoms with Crippen molar-refractivity contribution in [3.05, 3.63) is 65.4 Å². The minimum absolute atomic E-state index is 0.0207. The Balaban J connectivity index is 1.75. The number of ether oxygens (including phenoxy) is 1. The molecule has 7 nitrogen and oxygen atoms in total. The third-order valence-corrected chi connectivity index (χ3v) is 6.93. The highest BCUT2D eigenvalue weighted by molar-refractivity contribution is 7.89. The lowest BCUT2D eigenvalue weighted by molar-refractivity contribution is 0.0468. The van der Waals surface area contributed by atoms with Gasteiger partial charge >= 0.3 is 5.97 Å². The van der Waals surface area contributed by atoms with E-state index in [0.29, 0.717) is 11.1 Å². The molecule has 0 spiro atoms. The number of carbonyl (C=O) groups excluding carboxylic acids is 2. The molecule has 0 amide bonds. The fourth-order valence-electron chi connectivity index (χ4n) is 2.95. The summed E-state index contributed by atoms with van der Waals surface area (Å²) in [5, 5.41) is 0.819. The van der Waals surface area contributed by atoms with Crippen molar-refractivity contribution in [3.8, 4) is 0 Å². The van der Waals surface area contributed by atoms with Gasteiger partial charge in [-0.05, 0) is 45.0 Å². The van der Waals surface area contributed by atoms with Crippen molar-refractivity contribution >= 4 is 32.7 Å². The van der Waals surface area contributed by atoms with Gasteiger partial charge in [-0.25, -0.2) is 13.2 Å². The number of Topliss-reactive ketones (excluding diaryl/α,β-unsaturated/α-hetero) is 1. The van der Waals surface area contributed by atoms with Gasteiger partial charge in [0, 0.05) is 24.0 Å². The summed E-state index contributed by atoms with van der Waals surface area (Å²) < 4.78 is 37.2. The summed E-state index contributed by atoms with van der Waals surface area (Å²) in [6.45, 7) is 4.76. The lowest BCUT2D eigenvalue weighted by atomic mass is 10.1. The number of nitrogens with zero attached hydrogens (tertiary/aromatic N) is 1. The quantitative estimate of drug-likeness (QED) is 0.419. The number of carbonyl (C=O) groups is 2. The normalized spacial score (nSPS) is 11.9. The molecule has 0 atom stereocenters. The number of fused-ring (bicyclic) bond motifs is 1. The Morgan fingerprint density at radius 1 is 1.10 bits per heavy atom. The molecule has 0 aliphatic carbocycles. The van der Waals surface area contributed by atoms with Crippen molar-refractivity contribution < 1.29 is 27.2 Å². The van der Waals surface area contributed by atoms with E-state index in [4.69, 9.17) is 9.15 Å². The van der Waals surface area contributed by atoms with Crippen molar-refractivity contribution in [2.24, 2.45) is 0 Å². The number of rotatable bonds is 7. The molecule has 3 rings (SSSR count). The van der Waals surface area contributed by atoms with Gasteiger partial charge in [0.05, 0.1) is 10.5 Å². The Morgan fingerprint density at radius 3 is 2.47 bits per heavy atom. The zero-order valence-electron chi connectivity index (χ0n) is 17.2. The first-order valence-corrected chi connectivity index (χ1v) is 10.8. The maximum absolute atomic E-state index is 12.6. The van der Waals surface area contributed by atoms with E-state index in [1.54, 1.807) is 32.9 Å². The summed E-state index contributed by atoms with van der Waals surface area (Å²) in [6, 6.07) is 12.6. The smallest absolute Gasteiger partial charge is 0.338 e. The molecule has 0 N–H and O–H groups in total. The Labute approximate surface area is 175 Å². The lowest BCUT2D eigenvalue weighted by Gasteiger charge is -2.21. The number of hydrogen-bond acceptors (Lipinski definition) is 6. The molecule has 1 aromatic heterocycles. The Morgan fingerprint density at radius 2 is 1.80 bits per heavy atom. The van der Waals surface area contributed by atoms with Gasteiger partial charge in [-0.2, -0.15) is 4.31 Å². The maximum Gasteiger partial charge on any atom is 0.338 e. The fourth-order valence-corrected chi connectivity index (χ4v) is 4.36. The number of esters is 1. The number of benzene rings is 2. The predicted octanol–water partition coefficient (Wildman–Crippen LogP) is 3.81. The predicted molar refractivity (Wildman–Crippen MR) is 112 cm³/mol. The topological polar surface area (TPSA) is 93.9 Å². The molecule has 2 aromatic carbocycles. The number of ketones is 1. The molecule has 0 saturated carbocycles. The third kappa shape index (κ3) is 4.15. The standard InChI is InChI=1S/C22H23NO6S/c1-14(2)23(4)30(26,27)17-9-7-8-16(12-17)22(25)28-13-19(24)21-15(3)18-10-5-6-11-20(18)29-21/h5-12,14H,13H2,1-4H3. The Bertz CT molecular complexity index is 1210. The summed E-state index contributed by atoms with van der Waals surface area (Å²) in [4.78, 5) is 24.9. The molecule has 3 aromatic rings. The second-order valence-corrected chi connectivity index (χ2v) is 9.19. The minimum Gasteiger partial charge on any atom is -0.454 e. The highest BCUT2D eigenvalue weighted by Crippen LogP contribution is 2.25. The maximum atomic E-state index is 12.6. The van der Waals surface area contributed by atoms with E-state index in [-0.39, 0.29) is 22.3 Å². The van der Waals surface area contributed by atoms with Gasteiger partial charge in [-0.15, -0.1) is 0 Å². The van der Waals surface area contributed by atoms with Crippen LogP contribution < -0.4 is 0 Å². The molecule has 30 heavy (non-hydrogen) atoms. The molecule has 0 fully saturated rings. The van der Waals surface area contributed by atoms with Gasteiger partial charge < -0.3 is 9.15 Å². The zero-order chi connectivity index (χ0) is 22.1. The molecule has 0 radical (unpaired) electrons. The van der Waals surface area contributed by atoms with Crippen molar-refractivity contribution in [2.75, 3.05) is 13.7 Å². The monoisotopic (exact) mass is 429 g/mol. The van der Waals surface area contributed by atoms with Crippen LogP contribution in [0.2, 0.25) is 0 Å². The van der Waals surface area contributed by atoms with Crippen LogP contribution in [0, 0.1) is 6.92 Å². The van der Waals surface area contributed by atoms with Crippen LogP contribution in [-0.2, 0) is 14.8 Å². The van der Waals surface area contributed by atoms with E-state index >= 15 is 0 Å². The fraction of sp³-hybridized carbons (Fsp3) is 0.273. The molecule has 158 valence electrons. The van der Waals surface area contributed by atoms with E-state index in [1.807, 2.05) is 12.1 Å². The van der Waals surface area contributed by atoms with E-state index in [2.05, 4.69) is 0 Å². The molecule has 1 heterocycles. The zero-order valence-corrected chi connectivity index (χ0v) is 18.0. The van der Waals surface area contributed by atoms with Gasteiger partial charge in [0.25, 0.3) is 0 Å². The first-order valence-electron chi connectivity index (χ1n) is 9.39. The van der Waals surface area contributed by atoms with Crippen molar-refractivity contribution in [2.45, 2.75) is 31.7 Å². The first kappa shape index (κ1) is 21.7. The van der Waals surface area contributed by atoms with Crippen LogP contribution in [-0.4, -0.2) is 44.2 Å². The second-order valence-electron chi connectivity index (χ2n) is 7.19. The second kappa shape index (κ2) is 8.41. The number of sulfonamides is 1. The molecular weight excluding hydrogens is 406 g/mol. The third-order valence-electron chi connectivity index (χ3n) is 4.91. The SMILES string of the molecule is Cc1c(C(=O)COC(=O)c2cccc(S(=O)(=O)N(C)C(C)C)c2)oc2ccccc12. The first-order chi connectivity index (χ1) is 14.1. The summed E-state index contributed by atoms with van der Waals surface area (Å²) in [5.41, 5.74) is 1.30. The number of aryl methyl sites for hydroxylation is 1. The summed E-state index contributed by atoms with van der Waals surface area (Å²) in [7, 11) is -2.27. The van der Waals surface area contributed by atoms with E-state index in [0.717, 1.165) is 5.39 Å². The summed E-state index contributed by atoms with van der Waals surface area (Å²) in [5.74, 6) is -1.12.